The third-order valence-electron chi connectivity index (χ3n) is 2.62. The number of nitrogens with one attached hydrogen (secondary N) is 1. The molecule has 2 atom stereocenters. The molecule has 1 aliphatic rings. The number of rotatable bonds is 2. The van der Waals surface area contributed by atoms with Crippen LogP contribution in [0.3, 0.4) is 0 Å². The molecular weight excluding hydrogens is 360 g/mol. The van der Waals surface area contributed by atoms with Crippen LogP contribution in [0.1, 0.15) is 0 Å². The Morgan fingerprint density at radius 3 is 2.71 bits per heavy atom. The monoisotopic (exact) mass is 371 g/mol. The van der Waals surface area contributed by atoms with E-state index in [0.717, 1.165) is 0 Å². The molecule has 0 saturated carbocycles. The van der Waals surface area contributed by atoms with Gasteiger partial charge in [-0.25, -0.2) is 12.8 Å². The fraction of sp³-hybridized carbons (Fsp3) is 0.400. The molecule has 4 nitrogen and oxygen atoms in total. The van der Waals surface area contributed by atoms with Gasteiger partial charge >= 0.3 is 0 Å². The molecule has 2 unspecified atom stereocenters. The first-order valence-corrected chi connectivity index (χ1v) is 7.88. The van der Waals surface area contributed by atoms with Crippen molar-refractivity contribution in [2.24, 2.45) is 0 Å². The third kappa shape index (κ3) is 2.89. The van der Waals surface area contributed by atoms with Crippen molar-refractivity contribution in [3.8, 4) is 0 Å². The van der Waals surface area contributed by atoms with Crippen LogP contribution < -0.4 is 5.32 Å². The number of aliphatic hydroxyl groups excluding tert-OH is 1. The second-order valence-electron chi connectivity index (χ2n) is 4.00. The molecule has 0 aromatic heterocycles. The van der Waals surface area contributed by atoms with Gasteiger partial charge < -0.3 is 10.4 Å². The van der Waals surface area contributed by atoms with Gasteiger partial charge in [-0.3, -0.25) is 0 Å². The van der Waals surface area contributed by atoms with Crippen LogP contribution in [0.5, 0.6) is 0 Å². The number of halogens is 2. The highest BCUT2D eigenvalue weighted by Gasteiger charge is 2.36. The molecule has 1 aromatic carbocycles. The summed E-state index contributed by atoms with van der Waals surface area (Å²) in [7, 11) is -3.20. The van der Waals surface area contributed by atoms with E-state index in [2.05, 4.69) is 5.32 Å². The van der Waals surface area contributed by atoms with E-state index in [9.17, 15) is 17.9 Å². The van der Waals surface area contributed by atoms with Gasteiger partial charge in [0.1, 0.15) is 5.82 Å². The molecule has 1 fully saturated rings. The standard InChI is InChI=1S/C10H11FINO3S/c11-6-2-1-3-7(10(6)12)13-8-4-17(15,16)5-9(8)14/h1-3,8-9,13-14H,4-5H2. The van der Waals surface area contributed by atoms with E-state index >= 15 is 0 Å². The quantitative estimate of drug-likeness (QED) is 0.762. The van der Waals surface area contributed by atoms with Crippen molar-refractivity contribution in [1.29, 1.82) is 0 Å². The van der Waals surface area contributed by atoms with E-state index in [1.165, 1.54) is 12.1 Å². The lowest BCUT2D eigenvalue weighted by atomic mass is 10.2. The first kappa shape index (κ1) is 13.0. The second kappa shape index (κ2) is 4.69. The van der Waals surface area contributed by atoms with Crippen molar-refractivity contribution in [1.82, 2.24) is 0 Å². The topological polar surface area (TPSA) is 66.4 Å². The SMILES string of the molecule is O=S1(=O)CC(O)C(Nc2cccc(F)c2I)C1. The summed E-state index contributed by atoms with van der Waals surface area (Å²) in [6, 6.07) is 3.95. The molecule has 1 aromatic rings. The molecule has 0 radical (unpaired) electrons. The maximum atomic E-state index is 13.3. The molecule has 0 spiro atoms. The lowest BCUT2D eigenvalue weighted by molar-refractivity contribution is 0.190. The van der Waals surface area contributed by atoms with Crippen LogP contribution in [0, 0.1) is 9.39 Å². The highest BCUT2D eigenvalue weighted by atomic mass is 127. The highest BCUT2D eigenvalue weighted by molar-refractivity contribution is 14.1. The Labute approximate surface area is 112 Å². The van der Waals surface area contributed by atoms with Gasteiger partial charge in [-0.1, -0.05) is 6.07 Å². The van der Waals surface area contributed by atoms with Crippen LogP contribution in [0.15, 0.2) is 18.2 Å². The summed E-state index contributed by atoms with van der Waals surface area (Å²) in [6.45, 7) is 0. The maximum Gasteiger partial charge on any atom is 0.155 e. The number of aliphatic hydroxyl groups is 1. The zero-order chi connectivity index (χ0) is 12.6. The van der Waals surface area contributed by atoms with Crippen molar-refractivity contribution in [3.63, 3.8) is 0 Å². The van der Waals surface area contributed by atoms with Gasteiger partial charge in [0.25, 0.3) is 0 Å². The molecule has 7 heteroatoms. The van der Waals surface area contributed by atoms with E-state index < -0.39 is 22.0 Å². The Bertz CT molecular complexity index is 534. The van der Waals surface area contributed by atoms with Crippen LogP contribution in [0.4, 0.5) is 10.1 Å². The van der Waals surface area contributed by atoms with Gasteiger partial charge in [-0.15, -0.1) is 0 Å². The van der Waals surface area contributed by atoms with Crippen LogP contribution >= 0.6 is 22.6 Å². The summed E-state index contributed by atoms with van der Waals surface area (Å²) >= 11 is 1.84. The number of hydrogen-bond acceptors (Lipinski definition) is 4. The Morgan fingerprint density at radius 1 is 1.41 bits per heavy atom. The first-order chi connectivity index (χ1) is 7.89. The second-order valence-corrected chi connectivity index (χ2v) is 7.23. The highest BCUT2D eigenvalue weighted by Crippen LogP contribution is 2.24. The first-order valence-electron chi connectivity index (χ1n) is 4.98. The molecule has 94 valence electrons. The zero-order valence-corrected chi connectivity index (χ0v) is 11.7. The lowest BCUT2D eigenvalue weighted by Crippen LogP contribution is -2.32. The minimum absolute atomic E-state index is 0.124. The van der Waals surface area contributed by atoms with E-state index in [0.29, 0.717) is 9.26 Å². The molecule has 2 N–H and O–H groups in total. The van der Waals surface area contributed by atoms with Crippen LogP contribution in [-0.2, 0) is 9.84 Å². The van der Waals surface area contributed by atoms with Crippen molar-refractivity contribution < 1.29 is 17.9 Å². The predicted molar refractivity (Wildman–Crippen MR) is 71.2 cm³/mol. The van der Waals surface area contributed by atoms with Crippen LogP contribution in [0.2, 0.25) is 0 Å². The molecule has 2 rings (SSSR count). The van der Waals surface area contributed by atoms with Gasteiger partial charge in [0.15, 0.2) is 9.84 Å². The summed E-state index contributed by atoms with van der Waals surface area (Å²) in [6.07, 6.45) is -0.945. The van der Waals surface area contributed by atoms with Crippen molar-refractivity contribution in [2.45, 2.75) is 12.1 Å². The molecule has 0 amide bonds. The number of anilines is 1. The number of benzene rings is 1. The Hall–Kier alpha value is -0.410. The maximum absolute atomic E-state index is 13.3. The molecule has 0 bridgehead atoms. The number of sulfone groups is 1. The van der Waals surface area contributed by atoms with Gasteiger partial charge in [-0.05, 0) is 34.7 Å². The summed E-state index contributed by atoms with van der Waals surface area (Å²) in [5.74, 6) is -0.733. The predicted octanol–water partition coefficient (Wildman–Crippen LogP) is 1.00. The minimum atomic E-state index is -3.20. The molecule has 0 aliphatic carbocycles. The summed E-state index contributed by atoms with van der Waals surface area (Å²) in [5, 5.41) is 12.5. The minimum Gasteiger partial charge on any atom is -0.390 e. The Kier molecular flexibility index (Phi) is 3.60. The normalized spacial score (nSPS) is 27.0. The Morgan fingerprint density at radius 2 is 2.12 bits per heavy atom. The van der Waals surface area contributed by atoms with E-state index in [-0.39, 0.29) is 17.3 Å². The van der Waals surface area contributed by atoms with Crippen molar-refractivity contribution >= 4 is 38.1 Å². The Balaban J connectivity index is 2.20. The molecule has 17 heavy (non-hydrogen) atoms. The zero-order valence-electron chi connectivity index (χ0n) is 8.73. The molecule has 1 aliphatic heterocycles. The average Bonchev–Trinajstić information content (AvgIpc) is 2.47. The number of hydrogen-bond donors (Lipinski definition) is 2. The smallest absolute Gasteiger partial charge is 0.155 e. The largest absolute Gasteiger partial charge is 0.390 e. The van der Waals surface area contributed by atoms with Gasteiger partial charge in [0.05, 0.1) is 32.9 Å². The fourth-order valence-electron chi connectivity index (χ4n) is 1.78. The third-order valence-corrected chi connectivity index (χ3v) is 5.43. The van der Waals surface area contributed by atoms with Crippen molar-refractivity contribution in [3.05, 3.63) is 27.6 Å². The van der Waals surface area contributed by atoms with E-state index in [1.54, 1.807) is 6.07 Å². The van der Waals surface area contributed by atoms with Gasteiger partial charge in [-0.2, -0.15) is 0 Å². The van der Waals surface area contributed by atoms with Gasteiger partial charge in [0, 0.05) is 0 Å². The summed E-state index contributed by atoms with van der Waals surface area (Å²) in [5.41, 5.74) is 0.506. The van der Waals surface area contributed by atoms with Crippen molar-refractivity contribution in [2.75, 3.05) is 16.8 Å². The van der Waals surface area contributed by atoms with E-state index in [4.69, 9.17) is 0 Å². The molecule has 1 heterocycles. The lowest BCUT2D eigenvalue weighted by Gasteiger charge is -2.17. The summed E-state index contributed by atoms with van der Waals surface area (Å²) in [4.78, 5) is 0. The summed E-state index contributed by atoms with van der Waals surface area (Å²) < 4.78 is 36.3. The van der Waals surface area contributed by atoms with Crippen LogP contribution in [0.25, 0.3) is 0 Å². The molecular formula is C10H11FINO3S. The van der Waals surface area contributed by atoms with Gasteiger partial charge in [0.2, 0.25) is 0 Å². The average molecular weight is 371 g/mol. The molecule has 1 saturated heterocycles. The van der Waals surface area contributed by atoms with Crippen LogP contribution in [-0.4, -0.2) is 37.2 Å². The van der Waals surface area contributed by atoms with E-state index in [1.807, 2.05) is 22.6 Å². The fourth-order valence-corrected chi connectivity index (χ4v) is 4.04.